The minimum absolute atomic E-state index is 0.453. The SMILES string of the molecule is C=C(C)CNCC=C(CC)C(=O)O. The molecule has 0 heterocycles. The van der Waals surface area contributed by atoms with Gasteiger partial charge < -0.3 is 10.4 Å². The number of hydrogen-bond donors (Lipinski definition) is 2. The lowest BCUT2D eigenvalue weighted by atomic mass is 10.2. The lowest BCUT2D eigenvalue weighted by Crippen LogP contribution is -2.16. The van der Waals surface area contributed by atoms with Crippen LogP contribution in [0.25, 0.3) is 0 Å². The molecule has 3 nitrogen and oxygen atoms in total. The monoisotopic (exact) mass is 183 g/mol. The summed E-state index contributed by atoms with van der Waals surface area (Å²) in [7, 11) is 0. The first-order valence-electron chi connectivity index (χ1n) is 4.35. The highest BCUT2D eigenvalue weighted by molar-refractivity contribution is 5.86. The van der Waals surface area contributed by atoms with Gasteiger partial charge in [0, 0.05) is 18.7 Å². The molecule has 74 valence electrons. The Kier molecular flexibility index (Phi) is 5.89. The highest BCUT2D eigenvalue weighted by Crippen LogP contribution is 1.98. The summed E-state index contributed by atoms with van der Waals surface area (Å²) in [6, 6.07) is 0. The minimum Gasteiger partial charge on any atom is -0.478 e. The Morgan fingerprint density at radius 3 is 2.62 bits per heavy atom. The van der Waals surface area contributed by atoms with Crippen molar-refractivity contribution in [3.63, 3.8) is 0 Å². The molecule has 2 N–H and O–H groups in total. The van der Waals surface area contributed by atoms with Crippen molar-refractivity contribution in [3.05, 3.63) is 23.8 Å². The van der Waals surface area contributed by atoms with Crippen molar-refractivity contribution in [1.82, 2.24) is 5.32 Å². The van der Waals surface area contributed by atoms with Gasteiger partial charge in [0.15, 0.2) is 0 Å². The van der Waals surface area contributed by atoms with Crippen molar-refractivity contribution in [2.45, 2.75) is 20.3 Å². The number of carboxylic acids is 1. The summed E-state index contributed by atoms with van der Waals surface area (Å²) in [5.74, 6) is -0.834. The van der Waals surface area contributed by atoms with Crippen LogP contribution in [0, 0.1) is 0 Å². The Morgan fingerprint density at radius 1 is 1.62 bits per heavy atom. The van der Waals surface area contributed by atoms with Gasteiger partial charge in [-0.25, -0.2) is 4.79 Å². The fourth-order valence-corrected chi connectivity index (χ4v) is 0.864. The van der Waals surface area contributed by atoms with E-state index in [0.29, 0.717) is 18.5 Å². The van der Waals surface area contributed by atoms with Gasteiger partial charge in [-0.2, -0.15) is 0 Å². The Labute approximate surface area is 79.2 Å². The maximum absolute atomic E-state index is 10.5. The maximum atomic E-state index is 10.5. The molecule has 0 rings (SSSR count). The van der Waals surface area contributed by atoms with E-state index in [1.54, 1.807) is 6.08 Å². The van der Waals surface area contributed by atoms with E-state index in [-0.39, 0.29) is 0 Å². The van der Waals surface area contributed by atoms with E-state index in [1.807, 2.05) is 13.8 Å². The molecule has 3 heteroatoms. The molecule has 0 aromatic carbocycles. The topological polar surface area (TPSA) is 49.3 Å². The third-order valence-electron chi connectivity index (χ3n) is 1.58. The summed E-state index contributed by atoms with van der Waals surface area (Å²) in [5, 5.41) is 11.7. The molecule has 13 heavy (non-hydrogen) atoms. The van der Waals surface area contributed by atoms with Crippen LogP contribution in [0.3, 0.4) is 0 Å². The number of hydrogen-bond acceptors (Lipinski definition) is 2. The van der Waals surface area contributed by atoms with Crippen LogP contribution in [0.5, 0.6) is 0 Å². The van der Waals surface area contributed by atoms with Gasteiger partial charge in [0.1, 0.15) is 0 Å². The lowest BCUT2D eigenvalue weighted by molar-refractivity contribution is -0.132. The molecule has 0 unspecified atom stereocenters. The predicted molar refractivity (Wildman–Crippen MR) is 53.7 cm³/mol. The van der Waals surface area contributed by atoms with Crippen LogP contribution in [0.2, 0.25) is 0 Å². The third-order valence-corrected chi connectivity index (χ3v) is 1.58. The first-order chi connectivity index (χ1) is 6.07. The third kappa shape index (κ3) is 6.11. The fourth-order valence-electron chi connectivity index (χ4n) is 0.864. The number of carboxylic acid groups (broad SMARTS) is 1. The molecular formula is C10H17NO2. The van der Waals surface area contributed by atoms with E-state index in [2.05, 4.69) is 11.9 Å². The van der Waals surface area contributed by atoms with Gasteiger partial charge in [-0.05, 0) is 13.3 Å². The molecule has 0 spiro atoms. The summed E-state index contributed by atoms with van der Waals surface area (Å²) >= 11 is 0. The summed E-state index contributed by atoms with van der Waals surface area (Å²) in [5.41, 5.74) is 1.50. The fraction of sp³-hybridized carbons (Fsp3) is 0.500. The highest BCUT2D eigenvalue weighted by Gasteiger charge is 2.01. The Bertz CT molecular complexity index is 219. The van der Waals surface area contributed by atoms with Crippen LogP contribution in [0.1, 0.15) is 20.3 Å². The number of rotatable bonds is 6. The Morgan fingerprint density at radius 2 is 2.23 bits per heavy atom. The second-order valence-corrected chi connectivity index (χ2v) is 2.98. The van der Waals surface area contributed by atoms with Crippen LogP contribution in [0.15, 0.2) is 23.8 Å². The smallest absolute Gasteiger partial charge is 0.331 e. The second kappa shape index (κ2) is 6.43. The molecule has 0 bridgehead atoms. The molecule has 0 amide bonds. The van der Waals surface area contributed by atoms with Gasteiger partial charge in [-0.3, -0.25) is 0 Å². The van der Waals surface area contributed by atoms with Crippen molar-refractivity contribution >= 4 is 5.97 Å². The molecule has 0 radical (unpaired) electrons. The van der Waals surface area contributed by atoms with Crippen molar-refractivity contribution in [3.8, 4) is 0 Å². The molecule has 0 aromatic rings. The van der Waals surface area contributed by atoms with Gasteiger partial charge in [0.25, 0.3) is 0 Å². The van der Waals surface area contributed by atoms with Crippen LogP contribution >= 0.6 is 0 Å². The Balaban J connectivity index is 3.80. The first kappa shape index (κ1) is 11.9. The number of aliphatic carboxylic acids is 1. The second-order valence-electron chi connectivity index (χ2n) is 2.98. The average molecular weight is 183 g/mol. The van der Waals surface area contributed by atoms with Gasteiger partial charge in [-0.1, -0.05) is 25.2 Å². The molecule has 0 aromatic heterocycles. The van der Waals surface area contributed by atoms with E-state index in [9.17, 15) is 4.79 Å². The number of carbonyl (C=O) groups is 1. The molecule has 0 atom stereocenters. The molecule has 0 aliphatic heterocycles. The summed E-state index contributed by atoms with van der Waals surface area (Å²) < 4.78 is 0. The van der Waals surface area contributed by atoms with Gasteiger partial charge in [-0.15, -0.1) is 0 Å². The maximum Gasteiger partial charge on any atom is 0.331 e. The molecule has 0 saturated heterocycles. The van der Waals surface area contributed by atoms with Gasteiger partial charge in [0.05, 0.1) is 0 Å². The number of nitrogens with one attached hydrogen (secondary N) is 1. The van der Waals surface area contributed by atoms with E-state index in [0.717, 1.165) is 12.1 Å². The highest BCUT2D eigenvalue weighted by atomic mass is 16.4. The largest absolute Gasteiger partial charge is 0.478 e. The lowest BCUT2D eigenvalue weighted by Gasteiger charge is -2.01. The van der Waals surface area contributed by atoms with Crippen LogP contribution in [-0.4, -0.2) is 24.2 Å². The van der Waals surface area contributed by atoms with Crippen molar-refractivity contribution in [2.75, 3.05) is 13.1 Å². The van der Waals surface area contributed by atoms with E-state index < -0.39 is 5.97 Å². The molecule has 0 saturated carbocycles. The van der Waals surface area contributed by atoms with Gasteiger partial charge >= 0.3 is 5.97 Å². The summed E-state index contributed by atoms with van der Waals surface area (Å²) in [6.45, 7) is 8.80. The van der Waals surface area contributed by atoms with Crippen molar-refractivity contribution in [2.24, 2.45) is 0 Å². The normalized spacial score (nSPS) is 11.4. The van der Waals surface area contributed by atoms with Crippen molar-refractivity contribution < 1.29 is 9.90 Å². The molecule has 0 aliphatic carbocycles. The predicted octanol–water partition coefficient (Wildman–Crippen LogP) is 1.57. The Hall–Kier alpha value is -1.09. The molecular weight excluding hydrogens is 166 g/mol. The summed E-state index contributed by atoms with van der Waals surface area (Å²) in [6.07, 6.45) is 2.26. The standard InChI is InChI=1S/C10H17NO2/c1-4-9(10(12)13)5-6-11-7-8(2)3/h5,11H,2,4,6-7H2,1,3H3,(H,12,13). The zero-order valence-corrected chi connectivity index (χ0v) is 8.26. The zero-order valence-electron chi connectivity index (χ0n) is 8.26. The quantitative estimate of drug-likeness (QED) is 0.373. The van der Waals surface area contributed by atoms with Crippen LogP contribution in [-0.2, 0) is 4.79 Å². The zero-order chi connectivity index (χ0) is 10.3. The van der Waals surface area contributed by atoms with E-state index >= 15 is 0 Å². The van der Waals surface area contributed by atoms with E-state index in [1.165, 1.54) is 0 Å². The van der Waals surface area contributed by atoms with E-state index in [4.69, 9.17) is 5.11 Å². The molecule has 0 fully saturated rings. The van der Waals surface area contributed by atoms with Gasteiger partial charge in [0.2, 0.25) is 0 Å². The van der Waals surface area contributed by atoms with Crippen LogP contribution in [0.4, 0.5) is 0 Å². The first-order valence-corrected chi connectivity index (χ1v) is 4.35. The molecule has 0 aliphatic rings. The van der Waals surface area contributed by atoms with Crippen LogP contribution < -0.4 is 5.32 Å². The van der Waals surface area contributed by atoms with Crippen molar-refractivity contribution in [1.29, 1.82) is 0 Å². The minimum atomic E-state index is -0.834. The average Bonchev–Trinajstić information content (AvgIpc) is 2.03. The summed E-state index contributed by atoms with van der Waals surface area (Å²) in [4.78, 5) is 10.5.